The van der Waals surface area contributed by atoms with Gasteiger partial charge in [-0.05, 0) is 54.3 Å². The number of carboxylic acids is 1. The van der Waals surface area contributed by atoms with E-state index in [-0.39, 0.29) is 33.3 Å². The number of carboxylic acid groups (broad SMARTS) is 1. The predicted octanol–water partition coefficient (Wildman–Crippen LogP) is 5.68. The van der Waals surface area contributed by atoms with Crippen LogP contribution in [-0.2, 0) is 17.6 Å². The lowest BCUT2D eigenvalue weighted by atomic mass is 10.0. The number of fused-ring (bicyclic) bond motifs is 1. The third kappa shape index (κ3) is 5.02. The van der Waals surface area contributed by atoms with Crippen LogP contribution in [0.2, 0.25) is 10.0 Å². The molecule has 3 aromatic carbocycles. The van der Waals surface area contributed by atoms with Crippen molar-refractivity contribution in [3.8, 4) is 5.75 Å². The first-order chi connectivity index (χ1) is 15.6. The highest BCUT2D eigenvalue weighted by Crippen LogP contribution is 2.37. The molecule has 2 N–H and O–H groups in total. The first kappa shape index (κ1) is 24.3. The smallest absolute Gasteiger partial charge is 0.307 e. The molecular formula is C25H21Cl2NO5. The zero-order valence-electron chi connectivity index (χ0n) is 17.9. The van der Waals surface area contributed by atoms with Crippen LogP contribution in [0.5, 0.6) is 5.75 Å². The summed E-state index contributed by atoms with van der Waals surface area (Å²) in [4.78, 5) is 37.1. The summed E-state index contributed by atoms with van der Waals surface area (Å²) >= 11 is 12.3. The largest absolute Gasteiger partial charge is 0.508 e. The third-order valence-corrected chi connectivity index (χ3v) is 5.80. The van der Waals surface area contributed by atoms with E-state index in [9.17, 15) is 14.4 Å². The van der Waals surface area contributed by atoms with Gasteiger partial charge in [0.15, 0.2) is 0 Å². The number of aliphatic carboxylic acids is 1. The highest BCUT2D eigenvalue weighted by molar-refractivity contribution is 6.44. The Bertz CT molecular complexity index is 1210. The normalized spacial score (nSPS) is 12.3. The van der Waals surface area contributed by atoms with Crippen LogP contribution in [0.4, 0.5) is 5.69 Å². The van der Waals surface area contributed by atoms with Crippen LogP contribution in [-0.4, -0.2) is 28.0 Å². The van der Waals surface area contributed by atoms with Crippen molar-refractivity contribution in [1.29, 1.82) is 0 Å². The fraction of sp³-hybridized carbons (Fsp3) is 0.160. The lowest BCUT2D eigenvalue weighted by Crippen LogP contribution is -2.29. The molecule has 0 saturated carbocycles. The Kier molecular flexibility index (Phi) is 7.41. The predicted molar refractivity (Wildman–Crippen MR) is 128 cm³/mol. The van der Waals surface area contributed by atoms with Gasteiger partial charge in [-0.3, -0.25) is 14.4 Å². The molecule has 0 atom stereocenters. The maximum Gasteiger partial charge on any atom is 0.307 e. The van der Waals surface area contributed by atoms with E-state index in [1.54, 1.807) is 25.1 Å². The summed E-state index contributed by atoms with van der Waals surface area (Å²) in [5.41, 5.74) is 2.76. The fourth-order valence-corrected chi connectivity index (χ4v) is 4.05. The van der Waals surface area contributed by atoms with E-state index >= 15 is 0 Å². The molecule has 0 unspecified atom stereocenters. The van der Waals surface area contributed by atoms with E-state index in [4.69, 9.17) is 33.4 Å². The molecule has 0 aromatic heterocycles. The van der Waals surface area contributed by atoms with Crippen LogP contribution in [0.3, 0.4) is 0 Å². The van der Waals surface area contributed by atoms with Crippen LogP contribution in [0.25, 0.3) is 0 Å². The Labute approximate surface area is 201 Å². The van der Waals surface area contributed by atoms with Crippen LogP contribution < -0.4 is 4.90 Å². The molecule has 1 heterocycles. The molecule has 1 aliphatic heterocycles. The number of imide groups is 1. The molecule has 2 amide bonds. The molecule has 170 valence electrons. The Hall–Kier alpha value is -3.35. The number of para-hydroxylation sites is 1. The first-order valence-corrected chi connectivity index (χ1v) is 10.9. The van der Waals surface area contributed by atoms with Gasteiger partial charge in [0, 0.05) is 0 Å². The number of halogens is 2. The van der Waals surface area contributed by atoms with Crippen LogP contribution in [0.15, 0.2) is 54.6 Å². The minimum absolute atomic E-state index is 0.122. The number of rotatable bonds is 4. The number of phenolic OH excluding ortho intramolecular Hbond substituents is 1. The molecule has 4 rings (SSSR count). The zero-order chi connectivity index (χ0) is 24.3. The molecule has 0 saturated heterocycles. The number of carbonyl (C=O) groups is 3. The van der Waals surface area contributed by atoms with Crippen LogP contribution in [0, 0.1) is 6.92 Å². The van der Waals surface area contributed by atoms with Gasteiger partial charge < -0.3 is 10.2 Å². The average Bonchev–Trinajstić information content (AvgIpc) is 3.03. The summed E-state index contributed by atoms with van der Waals surface area (Å²) in [6.45, 7) is 3.75. The van der Waals surface area contributed by atoms with Crippen LogP contribution in [0.1, 0.15) is 44.3 Å². The molecular weight excluding hydrogens is 465 g/mol. The molecule has 0 aliphatic carbocycles. The molecule has 33 heavy (non-hydrogen) atoms. The Balaban J connectivity index is 0.000000286. The van der Waals surface area contributed by atoms with Gasteiger partial charge in [0.05, 0.1) is 33.3 Å². The number of aromatic hydroxyl groups is 1. The number of anilines is 1. The average molecular weight is 486 g/mol. The van der Waals surface area contributed by atoms with Crippen molar-refractivity contribution in [1.82, 2.24) is 0 Å². The molecule has 6 nitrogen and oxygen atoms in total. The second kappa shape index (κ2) is 10.1. The van der Waals surface area contributed by atoms with Crippen LogP contribution >= 0.6 is 23.2 Å². The number of hydrogen-bond acceptors (Lipinski definition) is 4. The minimum Gasteiger partial charge on any atom is -0.508 e. The van der Waals surface area contributed by atoms with E-state index in [1.165, 1.54) is 18.2 Å². The van der Waals surface area contributed by atoms with Gasteiger partial charge in [-0.1, -0.05) is 60.5 Å². The lowest BCUT2D eigenvalue weighted by Gasteiger charge is -2.16. The SMILES string of the molecule is CCc1ccccc1O.Cc1ccc(Cl)c2c1C(=O)N(c1ccc(CC(=O)O)cc1Cl)C2=O. The number of nitrogens with zero attached hydrogens (tertiary/aromatic N) is 1. The number of amides is 2. The third-order valence-electron chi connectivity index (χ3n) is 5.18. The van der Waals surface area contributed by atoms with Crippen molar-refractivity contribution in [3.63, 3.8) is 0 Å². The molecule has 0 bridgehead atoms. The number of phenols is 1. The van der Waals surface area contributed by atoms with Gasteiger partial charge in [-0.2, -0.15) is 0 Å². The molecule has 3 aromatic rings. The lowest BCUT2D eigenvalue weighted by molar-refractivity contribution is -0.136. The monoisotopic (exact) mass is 485 g/mol. The molecule has 0 fully saturated rings. The van der Waals surface area contributed by atoms with Gasteiger partial charge in [-0.15, -0.1) is 0 Å². The van der Waals surface area contributed by atoms with Gasteiger partial charge in [0.25, 0.3) is 11.8 Å². The highest BCUT2D eigenvalue weighted by Gasteiger charge is 2.40. The summed E-state index contributed by atoms with van der Waals surface area (Å²) in [5.74, 6) is -1.64. The van der Waals surface area contributed by atoms with E-state index in [0.29, 0.717) is 16.9 Å². The standard InChI is InChI=1S/C17H11Cl2NO4.C8H10O/c1-8-2-4-10(18)15-14(8)16(23)20(17(15)24)12-5-3-9(6-11(12)19)7-13(21)22;1-2-7-5-3-4-6-8(7)9/h2-6H,7H2,1H3,(H,21,22);3-6,9H,2H2,1H3. The Morgan fingerprint density at radius 3 is 2.15 bits per heavy atom. The zero-order valence-corrected chi connectivity index (χ0v) is 19.4. The summed E-state index contributed by atoms with van der Waals surface area (Å²) < 4.78 is 0. The quantitative estimate of drug-likeness (QED) is 0.463. The van der Waals surface area contributed by atoms with Crippen molar-refractivity contribution in [2.45, 2.75) is 26.7 Å². The van der Waals surface area contributed by atoms with E-state index in [1.807, 2.05) is 25.1 Å². The fourth-order valence-electron chi connectivity index (χ4n) is 3.53. The van der Waals surface area contributed by atoms with Gasteiger partial charge in [0.1, 0.15) is 5.75 Å². The molecule has 1 aliphatic rings. The summed E-state index contributed by atoms with van der Waals surface area (Å²) in [6, 6.07) is 15.1. The number of aryl methyl sites for hydroxylation is 2. The van der Waals surface area contributed by atoms with Gasteiger partial charge in [-0.25, -0.2) is 4.90 Å². The minimum atomic E-state index is -0.998. The number of benzene rings is 3. The second-order valence-corrected chi connectivity index (χ2v) is 8.21. The number of carbonyl (C=O) groups excluding carboxylic acids is 2. The van der Waals surface area contributed by atoms with Gasteiger partial charge in [0.2, 0.25) is 0 Å². The topological polar surface area (TPSA) is 94.9 Å². The van der Waals surface area contributed by atoms with E-state index in [0.717, 1.165) is 16.9 Å². The van der Waals surface area contributed by atoms with Crippen molar-refractivity contribution >= 4 is 46.7 Å². The summed E-state index contributed by atoms with van der Waals surface area (Å²) in [6.07, 6.45) is 0.694. The van der Waals surface area contributed by atoms with Crippen molar-refractivity contribution in [2.24, 2.45) is 0 Å². The maximum absolute atomic E-state index is 12.7. The molecule has 0 spiro atoms. The van der Waals surface area contributed by atoms with Crippen molar-refractivity contribution in [2.75, 3.05) is 4.90 Å². The molecule has 8 heteroatoms. The van der Waals surface area contributed by atoms with E-state index < -0.39 is 17.8 Å². The highest BCUT2D eigenvalue weighted by atomic mass is 35.5. The number of hydrogen-bond donors (Lipinski definition) is 2. The van der Waals surface area contributed by atoms with Gasteiger partial charge >= 0.3 is 5.97 Å². The Morgan fingerprint density at radius 1 is 0.939 bits per heavy atom. The maximum atomic E-state index is 12.7. The van der Waals surface area contributed by atoms with Crippen molar-refractivity contribution < 1.29 is 24.6 Å². The molecule has 0 radical (unpaired) electrons. The van der Waals surface area contributed by atoms with Crippen molar-refractivity contribution in [3.05, 3.63) is 92.5 Å². The summed E-state index contributed by atoms with van der Waals surface area (Å²) in [7, 11) is 0. The first-order valence-electron chi connectivity index (χ1n) is 10.1. The Morgan fingerprint density at radius 2 is 1.61 bits per heavy atom. The van der Waals surface area contributed by atoms with E-state index in [2.05, 4.69) is 0 Å². The summed E-state index contributed by atoms with van der Waals surface area (Å²) in [5, 5.41) is 18.3. The second-order valence-electron chi connectivity index (χ2n) is 7.40.